The third-order valence-corrected chi connectivity index (χ3v) is 7.31. The van der Waals surface area contributed by atoms with Crippen LogP contribution in [0.15, 0.2) is 24.4 Å². The lowest BCUT2D eigenvalue weighted by Crippen LogP contribution is -2.50. The molecule has 1 amide bonds. The molecule has 3 rings (SSSR count). The topological polar surface area (TPSA) is 51.7 Å². The van der Waals surface area contributed by atoms with Crippen molar-refractivity contribution in [2.75, 3.05) is 0 Å². The molecule has 1 aromatic heterocycles. The smallest absolute Gasteiger partial charge is 0.412 e. The van der Waals surface area contributed by atoms with Gasteiger partial charge < -0.3 is 9.47 Å². The maximum atomic E-state index is 13.4. The number of carbonyl (C=O) groups excluding carboxylic acids is 1. The van der Waals surface area contributed by atoms with Gasteiger partial charge in [-0.1, -0.05) is 52.0 Å². The number of carbonyl (C=O) groups is 1. The molecule has 2 fully saturated rings. The molecule has 0 N–H and O–H groups in total. The first-order valence-electron chi connectivity index (χ1n) is 13.1. The fourth-order valence-corrected chi connectivity index (χ4v) is 5.77. The van der Waals surface area contributed by atoms with E-state index in [1.807, 2.05) is 51.8 Å². The molecule has 1 aromatic rings. The number of rotatable bonds is 7. The van der Waals surface area contributed by atoms with E-state index in [2.05, 4.69) is 31.0 Å². The monoisotopic (exact) mass is 458 g/mol. The lowest BCUT2D eigenvalue weighted by atomic mass is 9.81. The second kappa shape index (κ2) is 10.8. The summed E-state index contributed by atoms with van der Waals surface area (Å²) in [5.74, 6) is 1.53. The van der Waals surface area contributed by atoms with Gasteiger partial charge >= 0.3 is 6.09 Å². The predicted molar refractivity (Wildman–Crippen MR) is 133 cm³/mol. The molecule has 0 bridgehead atoms. The van der Waals surface area contributed by atoms with E-state index in [9.17, 15) is 4.79 Å². The van der Waals surface area contributed by atoms with Crippen molar-refractivity contribution >= 4 is 6.09 Å². The van der Waals surface area contributed by atoms with Gasteiger partial charge in [-0.15, -0.1) is 0 Å². The Hall–Kier alpha value is -1.62. The van der Waals surface area contributed by atoms with Crippen molar-refractivity contribution in [2.24, 2.45) is 11.8 Å². The molecule has 1 saturated heterocycles. The van der Waals surface area contributed by atoms with Crippen molar-refractivity contribution in [3.63, 3.8) is 0 Å². The fraction of sp³-hybridized carbons (Fsp3) is 0.786. The largest absolute Gasteiger partial charge is 0.444 e. The highest BCUT2D eigenvalue weighted by Crippen LogP contribution is 2.42. The van der Waals surface area contributed by atoms with Crippen LogP contribution >= 0.6 is 0 Å². The maximum absolute atomic E-state index is 13.4. The number of nitrogens with zero attached hydrogens (tertiary/aromatic N) is 2. The van der Waals surface area contributed by atoms with Crippen molar-refractivity contribution < 1.29 is 14.3 Å². The zero-order valence-corrected chi connectivity index (χ0v) is 22.0. The van der Waals surface area contributed by atoms with Crippen molar-refractivity contribution in [3.8, 4) is 0 Å². The van der Waals surface area contributed by atoms with Gasteiger partial charge in [-0.25, -0.2) is 4.79 Å². The normalized spacial score (nSPS) is 24.8. The molecule has 5 nitrogen and oxygen atoms in total. The van der Waals surface area contributed by atoms with E-state index in [0.29, 0.717) is 17.8 Å². The first-order valence-corrected chi connectivity index (χ1v) is 13.1. The SMILES string of the molecule is CC(C)C(CCC1OC(C)(C)N(C(=O)OC(C)(C)C)C1CC1CCCCC1)c1ccccn1. The molecule has 1 aliphatic heterocycles. The first-order chi connectivity index (χ1) is 15.5. The Labute approximate surface area is 201 Å². The molecular formula is C28H46N2O3. The minimum atomic E-state index is -0.676. The Morgan fingerprint density at radius 1 is 1.21 bits per heavy atom. The molecule has 0 aromatic carbocycles. The van der Waals surface area contributed by atoms with Crippen molar-refractivity contribution in [1.29, 1.82) is 0 Å². The molecule has 3 atom stereocenters. The van der Waals surface area contributed by atoms with Crippen molar-refractivity contribution in [1.82, 2.24) is 9.88 Å². The van der Waals surface area contributed by atoms with Gasteiger partial charge in [0, 0.05) is 17.8 Å². The quantitative estimate of drug-likeness (QED) is 0.430. The number of ether oxygens (including phenoxy) is 2. The van der Waals surface area contributed by atoms with Gasteiger partial charge in [-0.05, 0) is 77.8 Å². The van der Waals surface area contributed by atoms with Gasteiger partial charge in [0.2, 0.25) is 0 Å². The predicted octanol–water partition coefficient (Wildman–Crippen LogP) is 7.31. The molecule has 2 aliphatic rings. The van der Waals surface area contributed by atoms with Crippen LogP contribution in [0.3, 0.4) is 0 Å². The summed E-state index contributed by atoms with van der Waals surface area (Å²) in [5, 5.41) is 0. The summed E-state index contributed by atoms with van der Waals surface area (Å²) < 4.78 is 12.5. The molecule has 3 unspecified atom stereocenters. The van der Waals surface area contributed by atoms with E-state index in [0.717, 1.165) is 25.0 Å². The molecule has 5 heteroatoms. The Balaban J connectivity index is 1.80. The Bertz CT molecular complexity index is 750. The summed E-state index contributed by atoms with van der Waals surface area (Å²) in [6.45, 7) is 14.4. The first kappa shape index (κ1) is 26.0. The number of pyridine rings is 1. The maximum Gasteiger partial charge on any atom is 0.412 e. The third kappa shape index (κ3) is 6.94. The van der Waals surface area contributed by atoms with E-state index < -0.39 is 11.3 Å². The van der Waals surface area contributed by atoms with E-state index in [1.165, 1.54) is 32.1 Å². The van der Waals surface area contributed by atoms with E-state index in [4.69, 9.17) is 9.47 Å². The van der Waals surface area contributed by atoms with E-state index in [-0.39, 0.29) is 18.2 Å². The molecule has 2 heterocycles. The number of hydrogen-bond acceptors (Lipinski definition) is 4. The van der Waals surface area contributed by atoms with E-state index >= 15 is 0 Å². The van der Waals surface area contributed by atoms with Crippen LogP contribution < -0.4 is 0 Å². The minimum absolute atomic E-state index is 0.0133. The van der Waals surface area contributed by atoms with Crippen molar-refractivity contribution in [2.45, 2.75) is 129 Å². The van der Waals surface area contributed by atoms with Crippen LogP contribution in [-0.2, 0) is 9.47 Å². The summed E-state index contributed by atoms with van der Waals surface area (Å²) in [5.41, 5.74) is -0.0508. The van der Waals surface area contributed by atoms with Crippen LogP contribution in [0.1, 0.15) is 111 Å². The lowest BCUT2D eigenvalue weighted by molar-refractivity contribution is -0.0805. The number of hydrogen-bond donors (Lipinski definition) is 0. The highest BCUT2D eigenvalue weighted by atomic mass is 16.6. The van der Waals surface area contributed by atoms with Crippen molar-refractivity contribution in [3.05, 3.63) is 30.1 Å². The van der Waals surface area contributed by atoms with E-state index in [1.54, 1.807) is 0 Å². The Morgan fingerprint density at radius 3 is 2.48 bits per heavy atom. The molecule has 1 aliphatic carbocycles. The van der Waals surface area contributed by atoms with Gasteiger partial charge in [0.1, 0.15) is 11.3 Å². The number of amides is 1. The summed E-state index contributed by atoms with van der Waals surface area (Å²) in [4.78, 5) is 19.9. The second-order valence-corrected chi connectivity index (χ2v) is 11.9. The summed E-state index contributed by atoms with van der Waals surface area (Å²) in [7, 11) is 0. The van der Waals surface area contributed by atoms with Crippen LogP contribution in [0, 0.1) is 11.8 Å². The summed E-state index contributed by atoms with van der Waals surface area (Å²) in [6, 6.07) is 6.23. The highest BCUT2D eigenvalue weighted by molar-refractivity contribution is 5.70. The van der Waals surface area contributed by atoms with Gasteiger partial charge in [0.15, 0.2) is 0 Å². The molecular weight excluding hydrogens is 412 g/mol. The fourth-order valence-electron chi connectivity index (χ4n) is 5.77. The highest BCUT2D eigenvalue weighted by Gasteiger charge is 2.51. The molecule has 1 saturated carbocycles. The van der Waals surface area contributed by atoms with Crippen LogP contribution in [0.25, 0.3) is 0 Å². The minimum Gasteiger partial charge on any atom is -0.444 e. The molecule has 0 spiro atoms. The van der Waals surface area contributed by atoms with Gasteiger partial charge in [-0.2, -0.15) is 0 Å². The Kier molecular flexibility index (Phi) is 8.47. The zero-order valence-electron chi connectivity index (χ0n) is 22.0. The summed E-state index contributed by atoms with van der Waals surface area (Å²) in [6.07, 6.45) is 11.0. The van der Waals surface area contributed by atoms with Gasteiger partial charge in [0.05, 0.1) is 12.1 Å². The summed E-state index contributed by atoms with van der Waals surface area (Å²) >= 11 is 0. The zero-order chi connectivity index (χ0) is 24.2. The molecule has 186 valence electrons. The average molecular weight is 459 g/mol. The van der Waals surface area contributed by atoms with Crippen LogP contribution in [0.2, 0.25) is 0 Å². The standard InChI is InChI=1S/C28H46N2O3/c1-20(2)22(23-15-11-12-18-29-23)16-17-25-24(19-21-13-9-8-10-14-21)30(28(6,7)32-25)26(31)33-27(3,4)5/h11-12,15,18,20-22,24-25H,8-10,13-14,16-17,19H2,1-7H3. The average Bonchev–Trinajstić information content (AvgIpc) is 2.97. The second-order valence-electron chi connectivity index (χ2n) is 11.9. The van der Waals surface area contributed by atoms with Gasteiger partial charge in [0.25, 0.3) is 0 Å². The van der Waals surface area contributed by atoms with Crippen LogP contribution in [0.5, 0.6) is 0 Å². The third-order valence-electron chi connectivity index (χ3n) is 7.31. The number of aromatic nitrogens is 1. The van der Waals surface area contributed by atoms with Crippen LogP contribution in [0.4, 0.5) is 4.79 Å². The molecule has 0 radical (unpaired) electrons. The Morgan fingerprint density at radius 2 is 1.91 bits per heavy atom. The van der Waals surface area contributed by atoms with Crippen LogP contribution in [-0.4, -0.2) is 39.4 Å². The lowest BCUT2D eigenvalue weighted by Gasteiger charge is -2.37. The van der Waals surface area contributed by atoms with Gasteiger partial charge in [-0.3, -0.25) is 9.88 Å². The molecule has 33 heavy (non-hydrogen) atoms.